The number of nitrogens with one attached hydrogen (secondary N) is 1. The molecule has 0 saturated heterocycles. The summed E-state index contributed by atoms with van der Waals surface area (Å²) in [7, 11) is 1.51. The van der Waals surface area contributed by atoms with Gasteiger partial charge in [-0.2, -0.15) is 0 Å². The van der Waals surface area contributed by atoms with Crippen LogP contribution >= 0.6 is 11.6 Å². The minimum absolute atomic E-state index is 0.0643. The molecule has 0 aromatic heterocycles. The Labute approximate surface area is 187 Å². The number of rotatable bonds is 5. The topological polar surface area (TPSA) is 58.6 Å². The van der Waals surface area contributed by atoms with Crippen LogP contribution in [0.25, 0.3) is 5.57 Å². The van der Waals surface area contributed by atoms with Crippen LogP contribution in [0.2, 0.25) is 5.02 Å². The molecule has 0 fully saturated rings. The van der Waals surface area contributed by atoms with Crippen LogP contribution in [0.3, 0.4) is 0 Å². The number of benzene rings is 3. The van der Waals surface area contributed by atoms with Crippen molar-refractivity contribution in [2.24, 2.45) is 0 Å². The summed E-state index contributed by atoms with van der Waals surface area (Å²) >= 11 is 6.11. The van der Waals surface area contributed by atoms with Gasteiger partial charge in [-0.1, -0.05) is 29.8 Å². The second kappa shape index (κ2) is 8.43. The monoisotopic (exact) mass is 454 g/mol. The van der Waals surface area contributed by atoms with Gasteiger partial charge in [-0.05, 0) is 54.4 Å². The lowest BCUT2D eigenvalue weighted by Crippen LogP contribution is -2.33. The highest BCUT2D eigenvalue weighted by Gasteiger charge is 2.41. The van der Waals surface area contributed by atoms with Crippen molar-refractivity contribution in [3.05, 3.63) is 94.1 Å². The Morgan fingerprint density at radius 3 is 2.28 bits per heavy atom. The SMILES string of the molecule is COc1ccc(C2=C(Nc3ccc(F)c(F)c3)C(=O)N(c3cc(Cl)ccc3C)C2=O)cc1. The second-order valence-corrected chi connectivity index (χ2v) is 7.55. The van der Waals surface area contributed by atoms with Crippen LogP contribution in [-0.2, 0) is 9.59 Å². The minimum atomic E-state index is -1.08. The molecule has 1 aliphatic rings. The molecule has 8 heteroatoms. The molecule has 0 radical (unpaired) electrons. The van der Waals surface area contributed by atoms with Gasteiger partial charge in [0.05, 0.1) is 18.4 Å². The number of imide groups is 1. The number of ether oxygens (including phenoxy) is 1. The van der Waals surface area contributed by atoms with E-state index in [0.29, 0.717) is 27.6 Å². The molecular weight excluding hydrogens is 438 g/mol. The molecule has 0 atom stereocenters. The molecule has 0 unspecified atom stereocenters. The Hall–Kier alpha value is -3.71. The minimum Gasteiger partial charge on any atom is -0.497 e. The van der Waals surface area contributed by atoms with Crippen molar-refractivity contribution in [3.63, 3.8) is 0 Å². The van der Waals surface area contributed by atoms with E-state index >= 15 is 0 Å². The molecule has 4 rings (SSSR count). The van der Waals surface area contributed by atoms with Crippen molar-refractivity contribution in [1.29, 1.82) is 0 Å². The van der Waals surface area contributed by atoms with Crippen molar-refractivity contribution >= 4 is 40.4 Å². The molecule has 3 aromatic carbocycles. The number of methoxy groups -OCH3 is 1. The molecule has 32 heavy (non-hydrogen) atoms. The Balaban J connectivity index is 1.84. The van der Waals surface area contributed by atoms with Gasteiger partial charge < -0.3 is 10.1 Å². The molecule has 1 aliphatic heterocycles. The van der Waals surface area contributed by atoms with E-state index in [1.165, 1.54) is 19.2 Å². The van der Waals surface area contributed by atoms with Gasteiger partial charge in [0.1, 0.15) is 11.4 Å². The molecule has 1 N–H and O–H groups in total. The zero-order chi connectivity index (χ0) is 23.0. The molecule has 0 aliphatic carbocycles. The van der Waals surface area contributed by atoms with Gasteiger partial charge in [0, 0.05) is 16.8 Å². The van der Waals surface area contributed by atoms with Crippen LogP contribution in [0, 0.1) is 18.6 Å². The van der Waals surface area contributed by atoms with Crippen LogP contribution in [0.4, 0.5) is 20.2 Å². The summed E-state index contributed by atoms with van der Waals surface area (Å²) < 4.78 is 32.3. The van der Waals surface area contributed by atoms with Crippen LogP contribution in [0.15, 0.2) is 66.4 Å². The third-order valence-corrected chi connectivity index (χ3v) is 5.30. The van der Waals surface area contributed by atoms with E-state index < -0.39 is 23.4 Å². The van der Waals surface area contributed by atoms with E-state index in [1.807, 2.05) is 0 Å². The number of hydrogen-bond acceptors (Lipinski definition) is 4. The number of nitrogens with zero attached hydrogens (tertiary/aromatic N) is 1. The first-order chi connectivity index (χ1) is 15.3. The van der Waals surface area contributed by atoms with Gasteiger partial charge >= 0.3 is 0 Å². The fraction of sp³-hybridized carbons (Fsp3) is 0.0833. The van der Waals surface area contributed by atoms with E-state index in [1.54, 1.807) is 43.3 Å². The number of halogens is 3. The van der Waals surface area contributed by atoms with Crippen LogP contribution < -0.4 is 15.0 Å². The van der Waals surface area contributed by atoms with Gasteiger partial charge in [-0.3, -0.25) is 9.59 Å². The van der Waals surface area contributed by atoms with Gasteiger partial charge in [0.15, 0.2) is 11.6 Å². The summed E-state index contributed by atoms with van der Waals surface area (Å²) in [5.41, 5.74) is 1.60. The van der Waals surface area contributed by atoms with E-state index in [0.717, 1.165) is 17.0 Å². The zero-order valence-corrected chi connectivity index (χ0v) is 17.8. The van der Waals surface area contributed by atoms with Crippen LogP contribution in [0.5, 0.6) is 5.75 Å². The zero-order valence-electron chi connectivity index (χ0n) is 17.1. The van der Waals surface area contributed by atoms with Crippen molar-refractivity contribution in [2.75, 3.05) is 17.3 Å². The molecule has 1 heterocycles. The number of amides is 2. The molecule has 0 bridgehead atoms. The van der Waals surface area contributed by atoms with Crippen molar-refractivity contribution in [1.82, 2.24) is 0 Å². The predicted molar refractivity (Wildman–Crippen MR) is 119 cm³/mol. The first kappa shape index (κ1) is 21.5. The fourth-order valence-electron chi connectivity index (χ4n) is 3.43. The maximum absolute atomic E-state index is 13.7. The van der Waals surface area contributed by atoms with Crippen molar-refractivity contribution in [2.45, 2.75) is 6.92 Å². The molecule has 3 aromatic rings. The lowest BCUT2D eigenvalue weighted by Gasteiger charge is -2.18. The second-order valence-electron chi connectivity index (χ2n) is 7.11. The Morgan fingerprint density at radius 1 is 0.906 bits per heavy atom. The van der Waals surface area contributed by atoms with Gasteiger partial charge in [0.2, 0.25) is 0 Å². The largest absolute Gasteiger partial charge is 0.497 e. The quantitative estimate of drug-likeness (QED) is 0.529. The standard InChI is InChI=1S/C24H17ClF2N2O3/c1-13-3-6-15(25)11-20(13)29-23(30)21(14-4-8-17(32-2)9-5-14)22(24(29)31)28-16-7-10-18(26)19(27)12-16/h3-12,28H,1-2H3. The molecule has 2 amide bonds. The maximum atomic E-state index is 13.7. The average Bonchev–Trinajstić information content (AvgIpc) is 3.02. The van der Waals surface area contributed by atoms with Gasteiger partial charge in [-0.25, -0.2) is 13.7 Å². The van der Waals surface area contributed by atoms with E-state index in [4.69, 9.17) is 16.3 Å². The number of hydrogen-bond donors (Lipinski definition) is 1. The van der Waals surface area contributed by atoms with Crippen LogP contribution in [-0.4, -0.2) is 18.9 Å². The highest BCUT2D eigenvalue weighted by atomic mass is 35.5. The summed E-state index contributed by atoms with van der Waals surface area (Å²) in [5, 5.41) is 3.16. The normalized spacial score (nSPS) is 13.7. The highest BCUT2D eigenvalue weighted by Crippen LogP contribution is 2.36. The van der Waals surface area contributed by atoms with E-state index in [2.05, 4.69) is 5.32 Å². The number of anilines is 2. The Morgan fingerprint density at radius 2 is 1.62 bits per heavy atom. The predicted octanol–water partition coefficient (Wildman–Crippen LogP) is 5.33. The first-order valence-corrected chi connectivity index (χ1v) is 9.93. The van der Waals surface area contributed by atoms with Crippen LogP contribution in [0.1, 0.15) is 11.1 Å². The number of carbonyl (C=O) groups is 2. The Bertz CT molecular complexity index is 1270. The molecule has 5 nitrogen and oxygen atoms in total. The van der Waals surface area contributed by atoms with Gasteiger partial charge in [-0.15, -0.1) is 0 Å². The highest BCUT2D eigenvalue weighted by molar-refractivity contribution is 6.46. The Kier molecular flexibility index (Phi) is 5.67. The molecule has 0 spiro atoms. The third-order valence-electron chi connectivity index (χ3n) is 5.06. The molecule has 162 valence electrons. The maximum Gasteiger partial charge on any atom is 0.282 e. The van der Waals surface area contributed by atoms with E-state index in [9.17, 15) is 18.4 Å². The average molecular weight is 455 g/mol. The summed E-state index contributed by atoms with van der Waals surface area (Å²) in [4.78, 5) is 27.9. The summed E-state index contributed by atoms with van der Waals surface area (Å²) in [6.45, 7) is 1.75. The fourth-order valence-corrected chi connectivity index (χ4v) is 3.60. The lowest BCUT2D eigenvalue weighted by molar-refractivity contribution is -0.120. The van der Waals surface area contributed by atoms with E-state index in [-0.39, 0.29) is 17.0 Å². The number of aryl methyl sites for hydroxylation is 1. The van der Waals surface area contributed by atoms with Gasteiger partial charge in [0.25, 0.3) is 11.8 Å². The summed E-state index contributed by atoms with van der Waals surface area (Å²) in [6, 6.07) is 14.6. The summed E-state index contributed by atoms with van der Waals surface area (Å²) in [5.74, 6) is -2.75. The molecular formula is C24H17ClF2N2O3. The van der Waals surface area contributed by atoms with Crippen molar-refractivity contribution in [3.8, 4) is 5.75 Å². The smallest absolute Gasteiger partial charge is 0.282 e. The third kappa shape index (κ3) is 3.83. The molecule has 0 saturated carbocycles. The van der Waals surface area contributed by atoms with Crippen molar-refractivity contribution < 1.29 is 23.1 Å². The number of carbonyl (C=O) groups excluding carboxylic acids is 2. The summed E-state index contributed by atoms with van der Waals surface area (Å²) in [6.07, 6.45) is 0. The lowest BCUT2D eigenvalue weighted by atomic mass is 10.0. The first-order valence-electron chi connectivity index (χ1n) is 9.56.